The number of methoxy groups -OCH3 is 1. The molecule has 9 heteroatoms. The fourth-order valence-corrected chi connectivity index (χ4v) is 2.87. The van der Waals surface area contributed by atoms with Gasteiger partial charge in [0.05, 0.1) is 25.2 Å². The molecule has 132 valence electrons. The quantitative estimate of drug-likeness (QED) is 0.752. The zero-order valence-corrected chi connectivity index (χ0v) is 13.8. The number of ether oxygens (including phenoxy) is 1. The first-order chi connectivity index (χ1) is 12.1. The van der Waals surface area contributed by atoms with Crippen LogP contribution in [0.25, 0.3) is 11.3 Å². The Morgan fingerprint density at radius 1 is 1.04 bits per heavy atom. The van der Waals surface area contributed by atoms with Crippen molar-refractivity contribution in [3.63, 3.8) is 0 Å². The van der Waals surface area contributed by atoms with Crippen LogP contribution in [-0.2, 0) is 0 Å². The van der Waals surface area contributed by atoms with E-state index in [4.69, 9.17) is 9.84 Å². The smallest absolute Gasteiger partial charge is 0.404 e. The van der Waals surface area contributed by atoms with Gasteiger partial charge in [0.1, 0.15) is 5.82 Å². The molecule has 0 radical (unpaired) electrons. The monoisotopic (exact) mass is 344 g/mol. The highest BCUT2D eigenvalue weighted by atomic mass is 16.5. The lowest BCUT2D eigenvalue weighted by Gasteiger charge is -2.29. The van der Waals surface area contributed by atoms with Crippen molar-refractivity contribution in [3.8, 4) is 17.3 Å². The van der Waals surface area contributed by atoms with E-state index in [0.717, 1.165) is 31.2 Å². The number of carbonyl (C=O) groups is 1. The Morgan fingerprint density at radius 2 is 1.72 bits per heavy atom. The third-order valence-corrected chi connectivity index (χ3v) is 4.17. The average molecular weight is 344 g/mol. The van der Waals surface area contributed by atoms with Crippen molar-refractivity contribution >= 4 is 11.9 Å². The lowest BCUT2D eigenvalue weighted by atomic mass is 9.91. The summed E-state index contributed by atoms with van der Waals surface area (Å²) < 4.78 is 4.93. The minimum absolute atomic E-state index is 0.0408. The summed E-state index contributed by atoms with van der Waals surface area (Å²) in [7, 11) is 1.51. The molecule has 1 aliphatic rings. The van der Waals surface area contributed by atoms with Crippen molar-refractivity contribution in [2.24, 2.45) is 0 Å². The maximum Gasteiger partial charge on any atom is 0.404 e. The summed E-state index contributed by atoms with van der Waals surface area (Å²) >= 11 is 0. The maximum atomic E-state index is 10.7. The number of rotatable bonds is 5. The van der Waals surface area contributed by atoms with E-state index in [2.05, 4.69) is 30.6 Å². The predicted octanol–water partition coefficient (Wildman–Crippen LogP) is 1.93. The van der Waals surface area contributed by atoms with E-state index in [1.54, 1.807) is 24.8 Å². The van der Waals surface area contributed by atoms with E-state index >= 15 is 0 Å². The summed E-state index contributed by atoms with van der Waals surface area (Å²) in [5, 5.41) is 14.6. The predicted molar refractivity (Wildman–Crippen MR) is 90.4 cm³/mol. The van der Waals surface area contributed by atoms with Crippen LogP contribution in [0.2, 0.25) is 0 Å². The van der Waals surface area contributed by atoms with Crippen LogP contribution >= 0.6 is 0 Å². The van der Waals surface area contributed by atoms with Gasteiger partial charge >= 0.3 is 12.1 Å². The summed E-state index contributed by atoms with van der Waals surface area (Å²) in [6.07, 6.45) is 9.09. The van der Waals surface area contributed by atoms with Gasteiger partial charge in [-0.2, -0.15) is 0 Å². The van der Waals surface area contributed by atoms with E-state index in [0.29, 0.717) is 17.5 Å². The molecule has 3 rings (SSSR count). The topological polar surface area (TPSA) is 122 Å². The molecule has 25 heavy (non-hydrogen) atoms. The molecule has 0 bridgehead atoms. The summed E-state index contributed by atoms with van der Waals surface area (Å²) in [5.74, 6) is 0.702. The standard InChI is InChI=1S/C16H20N6O3/c1-25-15-19-6-10(7-20-15)13-8-18-14(9-17-13)21-11-2-4-12(5-3-11)22-16(23)24/h6-9,11-12,22H,2-5H2,1H3,(H,18,21)(H,23,24). The highest BCUT2D eigenvalue weighted by Crippen LogP contribution is 2.22. The SMILES string of the molecule is COc1ncc(-c2cnc(NC3CCC(NC(=O)O)CC3)cn2)cn1. The van der Waals surface area contributed by atoms with Gasteiger partial charge in [-0.25, -0.2) is 19.7 Å². The Labute approximate surface area is 144 Å². The number of aromatic nitrogens is 4. The van der Waals surface area contributed by atoms with Gasteiger partial charge < -0.3 is 20.5 Å². The molecule has 0 spiro atoms. The molecule has 1 amide bonds. The van der Waals surface area contributed by atoms with Crippen molar-refractivity contribution in [1.29, 1.82) is 0 Å². The number of hydrogen-bond acceptors (Lipinski definition) is 7. The lowest BCUT2D eigenvalue weighted by molar-refractivity contribution is 0.185. The number of amides is 1. The molecule has 0 aliphatic heterocycles. The molecule has 0 aromatic carbocycles. The van der Waals surface area contributed by atoms with Crippen molar-refractivity contribution in [3.05, 3.63) is 24.8 Å². The zero-order chi connectivity index (χ0) is 17.6. The Kier molecular flexibility index (Phi) is 5.22. The van der Waals surface area contributed by atoms with Gasteiger partial charge in [0.2, 0.25) is 0 Å². The van der Waals surface area contributed by atoms with Crippen LogP contribution < -0.4 is 15.4 Å². The number of anilines is 1. The Bertz CT molecular complexity index is 699. The zero-order valence-electron chi connectivity index (χ0n) is 13.8. The van der Waals surface area contributed by atoms with Gasteiger partial charge in [0.25, 0.3) is 0 Å². The minimum Gasteiger partial charge on any atom is -0.467 e. The highest BCUT2D eigenvalue weighted by molar-refractivity contribution is 5.64. The van der Waals surface area contributed by atoms with E-state index < -0.39 is 6.09 Å². The van der Waals surface area contributed by atoms with Crippen LogP contribution in [0.15, 0.2) is 24.8 Å². The molecule has 2 aromatic rings. The number of hydrogen-bond donors (Lipinski definition) is 3. The molecule has 9 nitrogen and oxygen atoms in total. The fourth-order valence-electron chi connectivity index (χ4n) is 2.87. The van der Waals surface area contributed by atoms with Crippen LogP contribution in [0.5, 0.6) is 6.01 Å². The van der Waals surface area contributed by atoms with Crippen LogP contribution in [0.4, 0.5) is 10.6 Å². The van der Waals surface area contributed by atoms with E-state index in [1.165, 1.54) is 7.11 Å². The second-order valence-electron chi connectivity index (χ2n) is 5.89. The third-order valence-electron chi connectivity index (χ3n) is 4.17. The van der Waals surface area contributed by atoms with E-state index in [1.807, 2.05) is 0 Å². The molecule has 2 aromatic heterocycles. The van der Waals surface area contributed by atoms with Crippen molar-refractivity contribution in [1.82, 2.24) is 25.3 Å². The van der Waals surface area contributed by atoms with Crippen molar-refractivity contribution in [2.75, 3.05) is 12.4 Å². The molecular formula is C16H20N6O3. The maximum absolute atomic E-state index is 10.7. The summed E-state index contributed by atoms with van der Waals surface area (Å²) in [6.45, 7) is 0. The molecular weight excluding hydrogens is 324 g/mol. The molecule has 1 fully saturated rings. The Morgan fingerprint density at radius 3 is 2.28 bits per heavy atom. The average Bonchev–Trinajstić information content (AvgIpc) is 2.64. The molecule has 2 heterocycles. The second kappa shape index (κ2) is 7.73. The Balaban J connectivity index is 1.55. The molecule has 3 N–H and O–H groups in total. The normalized spacial score (nSPS) is 19.9. The van der Waals surface area contributed by atoms with E-state index in [-0.39, 0.29) is 12.1 Å². The van der Waals surface area contributed by atoms with Crippen LogP contribution in [0, 0.1) is 0 Å². The van der Waals surface area contributed by atoms with Gasteiger partial charge in [0, 0.05) is 30.0 Å². The minimum atomic E-state index is -0.958. The van der Waals surface area contributed by atoms with Gasteiger partial charge in [-0.1, -0.05) is 0 Å². The fraction of sp³-hybridized carbons (Fsp3) is 0.438. The first kappa shape index (κ1) is 16.9. The summed E-state index contributed by atoms with van der Waals surface area (Å²) in [6, 6.07) is 0.624. The van der Waals surface area contributed by atoms with Gasteiger partial charge in [0.15, 0.2) is 0 Å². The Hall–Kier alpha value is -2.97. The highest BCUT2D eigenvalue weighted by Gasteiger charge is 2.22. The second-order valence-corrected chi connectivity index (χ2v) is 5.89. The molecule has 1 aliphatic carbocycles. The lowest BCUT2D eigenvalue weighted by Crippen LogP contribution is -2.39. The third kappa shape index (κ3) is 4.52. The molecule has 0 atom stereocenters. The largest absolute Gasteiger partial charge is 0.467 e. The summed E-state index contributed by atoms with van der Waals surface area (Å²) in [5.41, 5.74) is 1.45. The molecule has 0 saturated heterocycles. The number of nitrogens with one attached hydrogen (secondary N) is 2. The summed E-state index contributed by atoms with van der Waals surface area (Å²) in [4.78, 5) is 27.5. The van der Waals surface area contributed by atoms with E-state index in [9.17, 15) is 4.79 Å². The molecule has 0 unspecified atom stereocenters. The van der Waals surface area contributed by atoms with Gasteiger partial charge in [-0.15, -0.1) is 0 Å². The number of carboxylic acid groups (broad SMARTS) is 1. The number of nitrogens with zero attached hydrogens (tertiary/aromatic N) is 4. The van der Waals surface area contributed by atoms with Crippen LogP contribution in [0.1, 0.15) is 25.7 Å². The van der Waals surface area contributed by atoms with Gasteiger partial charge in [-0.05, 0) is 25.7 Å². The van der Waals surface area contributed by atoms with Crippen molar-refractivity contribution in [2.45, 2.75) is 37.8 Å². The van der Waals surface area contributed by atoms with Crippen LogP contribution in [-0.4, -0.2) is 50.3 Å². The molecule has 1 saturated carbocycles. The van der Waals surface area contributed by atoms with Crippen molar-refractivity contribution < 1.29 is 14.6 Å². The first-order valence-corrected chi connectivity index (χ1v) is 8.08. The van der Waals surface area contributed by atoms with Gasteiger partial charge in [-0.3, -0.25) is 4.98 Å². The first-order valence-electron chi connectivity index (χ1n) is 8.08. The van der Waals surface area contributed by atoms with Crippen LogP contribution in [0.3, 0.4) is 0 Å².